The lowest BCUT2D eigenvalue weighted by Gasteiger charge is -2.11. The average molecular weight is 221 g/mol. The van der Waals surface area contributed by atoms with Crippen LogP contribution < -0.4 is 10.5 Å². The highest BCUT2D eigenvalue weighted by molar-refractivity contribution is 5.92. The summed E-state index contributed by atoms with van der Waals surface area (Å²) >= 11 is 0. The molecule has 0 aromatic heterocycles. The van der Waals surface area contributed by atoms with Crippen molar-refractivity contribution in [2.75, 3.05) is 13.2 Å². The Hall–Kier alpha value is -1.55. The van der Waals surface area contributed by atoms with Gasteiger partial charge in [-0.15, -0.1) is 0 Å². The highest BCUT2D eigenvalue weighted by atomic mass is 16.5. The molecule has 1 heterocycles. The molecule has 2 rings (SSSR count). The third kappa shape index (κ3) is 2.73. The molecule has 0 radical (unpaired) electrons. The Labute approximate surface area is 94.3 Å². The second-order valence-electron chi connectivity index (χ2n) is 3.83. The first-order chi connectivity index (χ1) is 7.75. The molecular formula is C12H15NO3. The van der Waals surface area contributed by atoms with Crippen molar-refractivity contribution in [1.82, 2.24) is 0 Å². The quantitative estimate of drug-likeness (QED) is 0.834. The third-order valence-electron chi connectivity index (χ3n) is 2.60. The lowest BCUT2D eigenvalue weighted by molar-refractivity contribution is 0.0679. The second-order valence-corrected chi connectivity index (χ2v) is 3.83. The van der Waals surface area contributed by atoms with Crippen LogP contribution in [0.2, 0.25) is 0 Å². The topological polar surface area (TPSA) is 61.6 Å². The van der Waals surface area contributed by atoms with E-state index in [1.165, 1.54) is 0 Å². The summed E-state index contributed by atoms with van der Waals surface area (Å²) in [5.41, 5.74) is 5.63. The number of hydrogen-bond acceptors (Lipinski definition) is 3. The van der Waals surface area contributed by atoms with E-state index in [4.69, 9.17) is 15.2 Å². The SMILES string of the molecule is NC(=O)c1ccc(OC[C@H]2CCCO2)cc1. The van der Waals surface area contributed by atoms with Crippen LogP contribution in [0.5, 0.6) is 5.75 Å². The van der Waals surface area contributed by atoms with Gasteiger partial charge in [-0.2, -0.15) is 0 Å². The molecule has 0 aliphatic carbocycles. The predicted molar refractivity (Wildman–Crippen MR) is 59.4 cm³/mol. The van der Waals surface area contributed by atoms with Crippen LogP contribution in [0.1, 0.15) is 23.2 Å². The molecule has 1 aromatic rings. The minimum Gasteiger partial charge on any atom is -0.491 e. The molecule has 1 aromatic carbocycles. The maximum Gasteiger partial charge on any atom is 0.248 e. The van der Waals surface area contributed by atoms with Crippen molar-refractivity contribution >= 4 is 5.91 Å². The number of carbonyl (C=O) groups is 1. The zero-order valence-electron chi connectivity index (χ0n) is 9.02. The van der Waals surface area contributed by atoms with Crippen LogP contribution in [0.4, 0.5) is 0 Å². The fourth-order valence-electron chi connectivity index (χ4n) is 1.68. The van der Waals surface area contributed by atoms with E-state index in [0.29, 0.717) is 12.2 Å². The standard InChI is InChI=1S/C12H15NO3/c13-12(14)9-3-5-10(6-4-9)16-8-11-2-1-7-15-11/h3-6,11H,1-2,7-8H2,(H2,13,14)/t11-/m1/s1. The van der Waals surface area contributed by atoms with Crippen molar-refractivity contribution in [3.63, 3.8) is 0 Å². The molecule has 1 fully saturated rings. The second kappa shape index (κ2) is 4.99. The Morgan fingerprint density at radius 1 is 1.44 bits per heavy atom. The van der Waals surface area contributed by atoms with Crippen LogP contribution in [0.3, 0.4) is 0 Å². The van der Waals surface area contributed by atoms with Crippen LogP contribution in [-0.2, 0) is 4.74 Å². The third-order valence-corrected chi connectivity index (χ3v) is 2.60. The fourth-order valence-corrected chi connectivity index (χ4v) is 1.68. The number of carbonyl (C=O) groups excluding carboxylic acids is 1. The van der Waals surface area contributed by atoms with E-state index in [9.17, 15) is 4.79 Å². The largest absolute Gasteiger partial charge is 0.491 e. The first kappa shape index (κ1) is 11.0. The normalized spacial score (nSPS) is 19.6. The van der Waals surface area contributed by atoms with Gasteiger partial charge in [0.25, 0.3) is 0 Å². The number of nitrogens with two attached hydrogens (primary N) is 1. The lowest BCUT2D eigenvalue weighted by atomic mass is 10.2. The van der Waals surface area contributed by atoms with Gasteiger partial charge in [0.05, 0.1) is 6.10 Å². The van der Waals surface area contributed by atoms with E-state index in [1.807, 2.05) is 0 Å². The number of hydrogen-bond donors (Lipinski definition) is 1. The highest BCUT2D eigenvalue weighted by Crippen LogP contribution is 2.16. The smallest absolute Gasteiger partial charge is 0.248 e. The van der Waals surface area contributed by atoms with Crippen molar-refractivity contribution in [2.24, 2.45) is 5.73 Å². The monoisotopic (exact) mass is 221 g/mol. The van der Waals surface area contributed by atoms with Gasteiger partial charge in [-0.1, -0.05) is 0 Å². The molecule has 1 aliphatic rings. The Kier molecular flexibility index (Phi) is 3.41. The number of benzene rings is 1. The number of amides is 1. The van der Waals surface area contributed by atoms with Crippen LogP contribution in [-0.4, -0.2) is 25.2 Å². The number of rotatable bonds is 4. The highest BCUT2D eigenvalue weighted by Gasteiger charge is 2.15. The van der Waals surface area contributed by atoms with Gasteiger partial charge in [0.15, 0.2) is 0 Å². The van der Waals surface area contributed by atoms with Crippen molar-refractivity contribution in [1.29, 1.82) is 0 Å². The molecule has 4 nitrogen and oxygen atoms in total. The molecular weight excluding hydrogens is 206 g/mol. The molecule has 0 spiro atoms. The van der Waals surface area contributed by atoms with Crippen molar-refractivity contribution in [3.8, 4) is 5.75 Å². The summed E-state index contributed by atoms with van der Waals surface area (Å²) in [7, 11) is 0. The van der Waals surface area contributed by atoms with E-state index in [2.05, 4.69) is 0 Å². The van der Waals surface area contributed by atoms with E-state index in [-0.39, 0.29) is 6.10 Å². The molecule has 1 amide bonds. The van der Waals surface area contributed by atoms with Gasteiger partial charge >= 0.3 is 0 Å². The van der Waals surface area contributed by atoms with Gasteiger partial charge < -0.3 is 15.2 Å². The lowest BCUT2D eigenvalue weighted by Crippen LogP contribution is -2.16. The summed E-state index contributed by atoms with van der Waals surface area (Å²) < 4.78 is 11.0. The van der Waals surface area contributed by atoms with Crippen LogP contribution >= 0.6 is 0 Å². The molecule has 86 valence electrons. The Morgan fingerprint density at radius 3 is 2.75 bits per heavy atom. The maximum absolute atomic E-state index is 10.8. The predicted octanol–water partition coefficient (Wildman–Crippen LogP) is 1.34. The molecule has 0 saturated carbocycles. The summed E-state index contributed by atoms with van der Waals surface area (Å²) in [6, 6.07) is 6.81. The molecule has 16 heavy (non-hydrogen) atoms. The zero-order valence-corrected chi connectivity index (χ0v) is 9.02. The molecule has 1 atom stereocenters. The van der Waals surface area contributed by atoms with E-state index < -0.39 is 5.91 Å². The van der Waals surface area contributed by atoms with Crippen molar-refractivity contribution in [2.45, 2.75) is 18.9 Å². The van der Waals surface area contributed by atoms with Crippen LogP contribution in [0.25, 0.3) is 0 Å². The van der Waals surface area contributed by atoms with Gasteiger partial charge in [-0.05, 0) is 37.1 Å². The maximum atomic E-state index is 10.8. The van der Waals surface area contributed by atoms with Gasteiger partial charge in [0.1, 0.15) is 12.4 Å². The first-order valence-corrected chi connectivity index (χ1v) is 5.40. The first-order valence-electron chi connectivity index (χ1n) is 5.40. The van der Waals surface area contributed by atoms with Gasteiger partial charge in [-0.3, -0.25) is 4.79 Å². The summed E-state index contributed by atoms with van der Waals surface area (Å²) in [4.78, 5) is 10.8. The fraction of sp³-hybridized carbons (Fsp3) is 0.417. The van der Waals surface area contributed by atoms with E-state index in [1.54, 1.807) is 24.3 Å². The van der Waals surface area contributed by atoms with E-state index in [0.717, 1.165) is 25.2 Å². The van der Waals surface area contributed by atoms with Gasteiger partial charge in [0, 0.05) is 12.2 Å². The van der Waals surface area contributed by atoms with Crippen molar-refractivity contribution in [3.05, 3.63) is 29.8 Å². The Balaban J connectivity index is 1.87. The number of primary amides is 1. The molecule has 0 unspecified atom stereocenters. The summed E-state index contributed by atoms with van der Waals surface area (Å²) in [6.45, 7) is 1.39. The van der Waals surface area contributed by atoms with E-state index >= 15 is 0 Å². The summed E-state index contributed by atoms with van der Waals surface area (Å²) in [6.07, 6.45) is 2.37. The average Bonchev–Trinajstić information content (AvgIpc) is 2.80. The Morgan fingerprint density at radius 2 is 2.19 bits per heavy atom. The van der Waals surface area contributed by atoms with Crippen LogP contribution in [0, 0.1) is 0 Å². The molecule has 2 N–H and O–H groups in total. The van der Waals surface area contributed by atoms with Crippen LogP contribution in [0.15, 0.2) is 24.3 Å². The Bertz CT molecular complexity index is 355. The molecule has 1 aliphatic heterocycles. The summed E-state index contributed by atoms with van der Waals surface area (Å²) in [5, 5.41) is 0. The van der Waals surface area contributed by atoms with Crippen molar-refractivity contribution < 1.29 is 14.3 Å². The van der Waals surface area contributed by atoms with Gasteiger partial charge in [0.2, 0.25) is 5.91 Å². The minimum atomic E-state index is -0.425. The molecule has 0 bridgehead atoms. The number of ether oxygens (including phenoxy) is 2. The minimum absolute atomic E-state index is 0.204. The summed E-state index contributed by atoms with van der Waals surface area (Å²) in [5.74, 6) is 0.311. The zero-order chi connectivity index (χ0) is 11.4. The molecule has 4 heteroatoms. The molecule has 1 saturated heterocycles. The van der Waals surface area contributed by atoms with Gasteiger partial charge in [-0.25, -0.2) is 0 Å².